The fourth-order valence-electron chi connectivity index (χ4n) is 1.22. The summed E-state index contributed by atoms with van der Waals surface area (Å²) in [5.41, 5.74) is 5.33. The summed E-state index contributed by atoms with van der Waals surface area (Å²) < 4.78 is 57.3. The van der Waals surface area contributed by atoms with Crippen LogP contribution < -0.4 is 10.5 Å². The summed E-state index contributed by atoms with van der Waals surface area (Å²) in [4.78, 5) is 0. The minimum atomic E-state index is -3.64. The number of anilines is 1. The topological polar surface area (TPSA) is 78.6 Å². The standard InChI is InChI=1S/C10H13F2NO4S/c1-6(17-18(2,14)15)5-16-10-8(13)4-3-7(11)9(10)12/h3-4,6H,5,13H2,1-2H3/t6-/m0/s1. The van der Waals surface area contributed by atoms with Gasteiger partial charge in [-0.05, 0) is 19.1 Å². The van der Waals surface area contributed by atoms with E-state index in [-0.39, 0.29) is 12.3 Å². The Kier molecular flexibility index (Phi) is 4.47. The van der Waals surface area contributed by atoms with Gasteiger partial charge < -0.3 is 10.5 Å². The SMILES string of the molecule is C[C@@H](COc1c(N)ccc(F)c1F)OS(C)(=O)=O. The summed E-state index contributed by atoms with van der Waals surface area (Å²) in [5.74, 6) is -2.78. The third-order valence-corrected chi connectivity index (χ3v) is 2.56. The first kappa shape index (κ1) is 14.7. The monoisotopic (exact) mass is 281 g/mol. The Labute approximate surface area is 104 Å². The molecule has 0 bridgehead atoms. The van der Waals surface area contributed by atoms with Crippen molar-refractivity contribution in [3.05, 3.63) is 23.8 Å². The lowest BCUT2D eigenvalue weighted by Gasteiger charge is -2.14. The highest BCUT2D eigenvalue weighted by Gasteiger charge is 2.16. The molecule has 18 heavy (non-hydrogen) atoms. The summed E-state index contributed by atoms with van der Waals surface area (Å²) in [7, 11) is -3.64. The van der Waals surface area contributed by atoms with Gasteiger partial charge in [-0.2, -0.15) is 12.8 Å². The van der Waals surface area contributed by atoms with Crippen LogP contribution >= 0.6 is 0 Å². The molecule has 0 unspecified atom stereocenters. The molecule has 102 valence electrons. The van der Waals surface area contributed by atoms with Gasteiger partial charge in [-0.15, -0.1) is 0 Å². The zero-order valence-corrected chi connectivity index (χ0v) is 10.6. The van der Waals surface area contributed by atoms with Crippen molar-refractivity contribution in [2.24, 2.45) is 0 Å². The van der Waals surface area contributed by atoms with Crippen LogP contribution in [0.5, 0.6) is 5.75 Å². The molecule has 1 atom stereocenters. The fourth-order valence-corrected chi connectivity index (χ4v) is 1.87. The second-order valence-corrected chi connectivity index (χ2v) is 5.30. The molecule has 0 radical (unpaired) electrons. The van der Waals surface area contributed by atoms with E-state index >= 15 is 0 Å². The molecule has 5 nitrogen and oxygen atoms in total. The summed E-state index contributed by atoms with van der Waals surface area (Å²) in [6.45, 7) is 1.13. The molecule has 1 aromatic rings. The summed E-state index contributed by atoms with van der Waals surface area (Å²) in [6.07, 6.45) is 0.0303. The second-order valence-electron chi connectivity index (χ2n) is 3.70. The lowest BCUT2D eigenvalue weighted by molar-refractivity contribution is 0.146. The van der Waals surface area contributed by atoms with Gasteiger partial charge in [0, 0.05) is 0 Å². The number of rotatable bonds is 5. The maximum absolute atomic E-state index is 13.3. The molecular weight excluding hydrogens is 268 g/mol. The highest BCUT2D eigenvalue weighted by Crippen LogP contribution is 2.27. The van der Waals surface area contributed by atoms with Crippen LogP contribution in [0, 0.1) is 11.6 Å². The molecule has 0 fully saturated rings. The molecule has 2 N–H and O–H groups in total. The zero-order chi connectivity index (χ0) is 13.9. The van der Waals surface area contributed by atoms with E-state index in [1.54, 1.807) is 0 Å². The van der Waals surface area contributed by atoms with E-state index in [9.17, 15) is 17.2 Å². The van der Waals surface area contributed by atoms with Crippen LogP contribution in [0.2, 0.25) is 0 Å². The highest BCUT2D eigenvalue weighted by atomic mass is 32.2. The van der Waals surface area contributed by atoms with Gasteiger partial charge in [-0.1, -0.05) is 0 Å². The van der Waals surface area contributed by atoms with Crippen molar-refractivity contribution in [1.82, 2.24) is 0 Å². The second kappa shape index (κ2) is 5.49. The first-order valence-electron chi connectivity index (χ1n) is 4.95. The van der Waals surface area contributed by atoms with Crippen LogP contribution in [-0.2, 0) is 14.3 Å². The van der Waals surface area contributed by atoms with Crippen LogP contribution in [-0.4, -0.2) is 27.4 Å². The maximum atomic E-state index is 13.3. The van der Waals surface area contributed by atoms with E-state index in [4.69, 9.17) is 10.5 Å². The van der Waals surface area contributed by atoms with Crippen molar-refractivity contribution in [3.8, 4) is 5.75 Å². The number of hydrogen-bond acceptors (Lipinski definition) is 5. The number of halogens is 2. The lowest BCUT2D eigenvalue weighted by Crippen LogP contribution is -2.22. The Morgan fingerprint density at radius 3 is 2.56 bits per heavy atom. The molecule has 0 aliphatic rings. The van der Waals surface area contributed by atoms with Crippen LogP contribution in [0.3, 0.4) is 0 Å². The van der Waals surface area contributed by atoms with Gasteiger partial charge >= 0.3 is 0 Å². The fraction of sp³-hybridized carbons (Fsp3) is 0.400. The van der Waals surface area contributed by atoms with Gasteiger partial charge in [0.1, 0.15) is 12.7 Å². The predicted octanol–water partition coefficient (Wildman–Crippen LogP) is 1.29. The van der Waals surface area contributed by atoms with Crippen molar-refractivity contribution < 1.29 is 26.1 Å². The van der Waals surface area contributed by atoms with Gasteiger partial charge in [0.25, 0.3) is 10.1 Å². The Hall–Kier alpha value is -1.41. The Balaban J connectivity index is 2.72. The maximum Gasteiger partial charge on any atom is 0.264 e. The molecule has 0 aliphatic carbocycles. The summed E-state index contributed by atoms with van der Waals surface area (Å²) in [5, 5.41) is 0. The van der Waals surface area contributed by atoms with Crippen molar-refractivity contribution in [2.75, 3.05) is 18.6 Å². The quantitative estimate of drug-likeness (QED) is 0.650. The van der Waals surface area contributed by atoms with Gasteiger partial charge in [-0.25, -0.2) is 4.39 Å². The van der Waals surface area contributed by atoms with E-state index in [0.717, 1.165) is 18.4 Å². The highest BCUT2D eigenvalue weighted by molar-refractivity contribution is 7.86. The summed E-state index contributed by atoms with van der Waals surface area (Å²) >= 11 is 0. The van der Waals surface area contributed by atoms with Gasteiger partial charge in [-0.3, -0.25) is 4.18 Å². The molecule has 0 saturated carbocycles. The van der Waals surface area contributed by atoms with E-state index < -0.39 is 33.6 Å². The molecule has 0 aliphatic heterocycles. The van der Waals surface area contributed by atoms with Crippen molar-refractivity contribution in [3.63, 3.8) is 0 Å². The normalized spacial score (nSPS) is 13.3. The number of nitrogen functional groups attached to an aromatic ring is 1. The summed E-state index contributed by atoms with van der Waals surface area (Å²) in [6, 6.07) is 2.02. The zero-order valence-electron chi connectivity index (χ0n) is 9.81. The van der Waals surface area contributed by atoms with Crippen LogP contribution in [0.25, 0.3) is 0 Å². The van der Waals surface area contributed by atoms with E-state index in [2.05, 4.69) is 4.18 Å². The smallest absolute Gasteiger partial charge is 0.264 e. The number of nitrogens with two attached hydrogens (primary N) is 1. The molecule has 0 amide bonds. The molecular formula is C10H13F2NO4S. The lowest BCUT2D eigenvalue weighted by atomic mass is 10.2. The minimum absolute atomic E-state index is 0.0829. The number of ether oxygens (including phenoxy) is 1. The molecule has 0 spiro atoms. The largest absolute Gasteiger partial charge is 0.485 e. The Morgan fingerprint density at radius 1 is 1.39 bits per heavy atom. The molecule has 1 aromatic carbocycles. The van der Waals surface area contributed by atoms with E-state index in [1.807, 2.05) is 0 Å². The van der Waals surface area contributed by atoms with Gasteiger partial charge in [0.05, 0.1) is 11.9 Å². The first-order valence-corrected chi connectivity index (χ1v) is 6.77. The van der Waals surface area contributed by atoms with Crippen molar-refractivity contribution in [1.29, 1.82) is 0 Å². The number of hydrogen-bond donors (Lipinski definition) is 1. The predicted molar refractivity (Wildman–Crippen MR) is 61.7 cm³/mol. The molecule has 0 heterocycles. The van der Waals surface area contributed by atoms with Crippen LogP contribution in [0.4, 0.5) is 14.5 Å². The van der Waals surface area contributed by atoms with Crippen molar-refractivity contribution in [2.45, 2.75) is 13.0 Å². The first-order chi connectivity index (χ1) is 8.20. The van der Waals surface area contributed by atoms with Gasteiger partial charge in [0.2, 0.25) is 5.82 Å². The van der Waals surface area contributed by atoms with Crippen molar-refractivity contribution >= 4 is 15.8 Å². The minimum Gasteiger partial charge on any atom is -0.485 e. The van der Waals surface area contributed by atoms with Crippen LogP contribution in [0.1, 0.15) is 6.92 Å². The van der Waals surface area contributed by atoms with E-state index in [0.29, 0.717) is 0 Å². The third kappa shape index (κ3) is 4.11. The Morgan fingerprint density at radius 2 is 2.00 bits per heavy atom. The average Bonchev–Trinajstić information content (AvgIpc) is 2.21. The Bertz CT molecular complexity index is 533. The molecule has 0 aromatic heterocycles. The molecule has 0 saturated heterocycles. The average molecular weight is 281 g/mol. The van der Waals surface area contributed by atoms with Gasteiger partial charge in [0.15, 0.2) is 11.6 Å². The molecule has 8 heteroatoms. The van der Waals surface area contributed by atoms with E-state index in [1.165, 1.54) is 6.92 Å². The molecule has 1 rings (SSSR count). The van der Waals surface area contributed by atoms with Crippen LogP contribution in [0.15, 0.2) is 12.1 Å². The third-order valence-electron chi connectivity index (χ3n) is 1.88. The number of benzene rings is 1.